The first-order valence-corrected chi connectivity index (χ1v) is 9.18. The lowest BCUT2D eigenvalue weighted by molar-refractivity contribution is -0.384. The molecule has 0 saturated heterocycles. The lowest BCUT2D eigenvalue weighted by atomic mass is 10.1. The molecule has 2 aromatic carbocycles. The smallest absolute Gasteiger partial charge is 0.270 e. The van der Waals surface area contributed by atoms with E-state index < -0.39 is 4.92 Å². The number of para-hydroxylation sites is 1. The summed E-state index contributed by atoms with van der Waals surface area (Å²) in [7, 11) is 0. The molecule has 0 aliphatic carbocycles. The normalized spacial score (nSPS) is 10.4. The summed E-state index contributed by atoms with van der Waals surface area (Å²) in [5.74, 6) is 0.631. The van der Waals surface area contributed by atoms with Crippen LogP contribution in [0.1, 0.15) is 12.8 Å². The third-order valence-electron chi connectivity index (χ3n) is 3.66. The molecule has 0 fully saturated rings. The average Bonchev–Trinajstić information content (AvgIpc) is 3.14. The number of anilines is 1. The van der Waals surface area contributed by atoms with Gasteiger partial charge in [-0.1, -0.05) is 30.3 Å². The summed E-state index contributed by atoms with van der Waals surface area (Å²) in [6.45, 7) is 0.453. The van der Waals surface area contributed by atoms with Gasteiger partial charge in [0.2, 0.25) is 5.91 Å². The molecule has 27 heavy (non-hydrogen) atoms. The maximum atomic E-state index is 12.0. The Morgan fingerprint density at radius 1 is 1.19 bits per heavy atom. The summed E-state index contributed by atoms with van der Waals surface area (Å²) in [5, 5.41) is 15.8. The number of nitro benzene ring substituents is 1. The van der Waals surface area contributed by atoms with Gasteiger partial charge in [0.1, 0.15) is 5.75 Å². The van der Waals surface area contributed by atoms with Gasteiger partial charge in [-0.05, 0) is 18.6 Å². The van der Waals surface area contributed by atoms with E-state index in [1.807, 2.05) is 30.3 Å². The van der Waals surface area contributed by atoms with Crippen molar-refractivity contribution in [3.8, 4) is 17.0 Å². The maximum Gasteiger partial charge on any atom is 0.270 e. The predicted molar refractivity (Wildman–Crippen MR) is 104 cm³/mol. The van der Waals surface area contributed by atoms with E-state index in [9.17, 15) is 14.9 Å². The first-order chi connectivity index (χ1) is 13.1. The van der Waals surface area contributed by atoms with Crippen LogP contribution in [0.3, 0.4) is 0 Å². The molecule has 0 radical (unpaired) electrons. The minimum Gasteiger partial charge on any atom is -0.494 e. The van der Waals surface area contributed by atoms with Crippen LogP contribution in [0.25, 0.3) is 11.3 Å². The molecule has 0 unspecified atom stereocenters. The van der Waals surface area contributed by atoms with E-state index in [1.165, 1.54) is 23.5 Å². The van der Waals surface area contributed by atoms with Crippen molar-refractivity contribution in [2.24, 2.45) is 0 Å². The van der Waals surface area contributed by atoms with Gasteiger partial charge in [-0.3, -0.25) is 14.9 Å². The van der Waals surface area contributed by atoms with Crippen LogP contribution in [-0.2, 0) is 4.79 Å². The van der Waals surface area contributed by atoms with E-state index in [2.05, 4.69) is 10.3 Å². The van der Waals surface area contributed by atoms with Crippen LogP contribution in [0.4, 0.5) is 10.8 Å². The van der Waals surface area contributed by atoms with Gasteiger partial charge in [0, 0.05) is 29.5 Å². The number of carbonyl (C=O) groups is 1. The van der Waals surface area contributed by atoms with Crippen LogP contribution >= 0.6 is 11.3 Å². The average molecular weight is 383 g/mol. The second-order valence-corrected chi connectivity index (χ2v) is 6.52. The highest BCUT2D eigenvalue weighted by Gasteiger charge is 2.11. The fourth-order valence-corrected chi connectivity index (χ4v) is 3.10. The van der Waals surface area contributed by atoms with Gasteiger partial charge in [0.15, 0.2) is 5.13 Å². The maximum absolute atomic E-state index is 12.0. The molecule has 8 heteroatoms. The van der Waals surface area contributed by atoms with Crippen molar-refractivity contribution in [2.45, 2.75) is 12.8 Å². The number of thiazole rings is 1. The first-order valence-electron chi connectivity index (χ1n) is 8.30. The van der Waals surface area contributed by atoms with Crippen molar-refractivity contribution in [3.63, 3.8) is 0 Å². The summed E-state index contributed by atoms with van der Waals surface area (Å²) < 4.78 is 5.55. The van der Waals surface area contributed by atoms with Crippen molar-refractivity contribution < 1.29 is 14.5 Å². The summed E-state index contributed by atoms with van der Waals surface area (Å²) in [4.78, 5) is 26.8. The Balaban J connectivity index is 1.49. The van der Waals surface area contributed by atoms with E-state index in [-0.39, 0.29) is 11.6 Å². The Kier molecular flexibility index (Phi) is 6.11. The Morgan fingerprint density at radius 2 is 2.00 bits per heavy atom. The largest absolute Gasteiger partial charge is 0.494 e. The molecule has 0 saturated carbocycles. The molecule has 0 aliphatic rings. The SMILES string of the molecule is O=C(CCCOc1ccccc1)Nc1nc(-c2cccc([N+](=O)[O-])c2)cs1. The van der Waals surface area contributed by atoms with Crippen molar-refractivity contribution in [1.82, 2.24) is 4.98 Å². The minimum absolute atomic E-state index is 0.00417. The van der Waals surface area contributed by atoms with Crippen LogP contribution in [0.15, 0.2) is 60.0 Å². The van der Waals surface area contributed by atoms with E-state index >= 15 is 0 Å². The fourth-order valence-electron chi connectivity index (χ4n) is 2.36. The van der Waals surface area contributed by atoms with Gasteiger partial charge in [0.25, 0.3) is 5.69 Å². The highest BCUT2D eigenvalue weighted by atomic mass is 32.1. The molecule has 1 amide bonds. The topological polar surface area (TPSA) is 94.4 Å². The molecule has 3 aromatic rings. The quantitative estimate of drug-likeness (QED) is 0.351. The predicted octanol–water partition coefficient (Wildman–Crippen LogP) is 4.52. The third-order valence-corrected chi connectivity index (χ3v) is 4.42. The molecule has 0 spiro atoms. The highest BCUT2D eigenvalue weighted by Crippen LogP contribution is 2.27. The summed E-state index contributed by atoms with van der Waals surface area (Å²) in [6.07, 6.45) is 0.905. The molecule has 1 N–H and O–H groups in total. The van der Waals surface area contributed by atoms with E-state index in [0.29, 0.717) is 35.8 Å². The van der Waals surface area contributed by atoms with Gasteiger partial charge in [0.05, 0.1) is 17.2 Å². The number of carbonyl (C=O) groups excluding carboxylic acids is 1. The van der Waals surface area contributed by atoms with Gasteiger partial charge < -0.3 is 10.1 Å². The van der Waals surface area contributed by atoms with Gasteiger partial charge in [-0.2, -0.15) is 0 Å². The lowest BCUT2D eigenvalue weighted by Crippen LogP contribution is -2.12. The highest BCUT2D eigenvalue weighted by molar-refractivity contribution is 7.14. The van der Waals surface area contributed by atoms with Gasteiger partial charge in [-0.25, -0.2) is 4.98 Å². The number of amides is 1. The van der Waals surface area contributed by atoms with Gasteiger partial charge in [-0.15, -0.1) is 11.3 Å². The number of aromatic nitrogens is 1. The summed E-state index contributed by atoms with van der Waals surface area (Å²) in [5.41, 5.74) is 1.23. The Labute approximate surface area is 159 Å². The number of hydrogen-bond donors (Lipinski definition) is 1. The van der Waals surface area contributed by atoms with Crippen LogP contribution in [0, 0.1) is 10.1 Å². The Hall–Kier alpha value is -3.26. The molecular weight excluding hydrogens is 366 g/mol. The first kappa shape index (κ1) is 18.5. The summed E-state index contributed by atoms with van der Waals surface area (Å²) in [6, 6.07) is 15.7. The van der Waals surface area contributed by atoms with E-state index in [4.69, 9.17) is 4.74 Å². The number of benzene rings is 2. The number of rotatable bonds is 8. The fraction of sp³-hybridized carbons (Fsp3) is 0.158. The molecule has 1 aromatic heterocycles. The summed E-state index contributed by atoms with van der Waals surface area (Å²) >= 11 is 1.28. The molecule has 0 atom stereocenters. The standard InChI is InChI=1S/C19H17N3O4S/c23-18(10-5-11-26-16-8-2-1-3-9-16)21-19-20-17(13-27-19)14-6-4-7-15(12-14)22(24)25/h1-4,6-9,12-13H,5,10-11H2,(H,20,21,23). The zero-order valence-electron chi connectivity index (χ0n) is 14.3. The minimum atomic E-state index is -0.448. The molecule has 0 aliphatic heterocycles. The van der Waals surface area contributed by atoms with Crippen LogP contribution < -0.4 is 10.1 Å². The number of nitro groups is 1. The number of nitrogens with zero attached hydrogens (tertiary/aromatic N) is 2. The van der Waals surface area contributed by atoms with Crippen LogP contribution in [-0.4, -0.2) is 22.4 Å². The van der Waals surface area contributed by atoms with E-state index in [1.54, 1.807) is 17.5 Å². The third kappa shape index (κ3) is 5.35. The lowest BCUT2D eigenvalue weighted by Gasteiger charge is -2.05. The second-order valence-electron chi connectivity index (χ2n) is 5.66. The van der Waals surface area contributed by atoms with Gasteiger partial charge >= 0.3 is 0 Å². The number of hydrogen-bond acceptors (Lipinski definition) is 6. The molecular formula is C19H17N3O4S. The second kappa shape index (κ2) is 8.91. The van der Waals surface area contributed by atoms with Crippen molar-refractivity contribution in [3.05, 3.63) is 70.1 Å². The van der Waals surface area contributed by atoms with Crippen molar-refractivity contribution in [2.75, 3.05) is 11.9 Å². The Bertz CT molecular complexity index is 927. The monoisotopic (exact) mass is 383 g/mol. The van der Waals surface area contributed by atoms with Crippen molar-refractivity contribution in [1.29, 1.82) is 0 Å². The van der Waals surface area contributed by atoms with Crippen LogP contribution in [0.5, 0.6) is 5.75 Å². The molecule has 3 rings (SSSR count). The Morgan fingerprint density at radius 3 is 2.78 bits per heavy atom. The van der Waals surface area contributed by atoms with Crippen LogP contribution in [0.2, 0.25) is 0 Å². The zero-order chi connectivity index (χ0) is 19.1. The number of nitrogens with one attached hydrogen (secondary N) is 1. The van der Waals surface area contributed by atoms with E-state index in [0.717, 1.165) is 5.75 Å². The molecule has 138 valence electrons. The number of non-ortho nitro benzene ring substituents is 1. The van der Waals surface area contributed by atoms with Crippen molar-refractivity contribution >= 4 is 28.1 Å². The molecule has 7 nitrogen and oxygen atoms in total. The number of ether oxygens (including phenoxy) is 1. The molecule has 0 bridgehead atoms. The molecule has 1 heterocycles. The zero-order valence-corrected chi connectivity index (χ0v) is 15.1.